The van der Waals surface area contributed by atoms with E-state index in [0.29, 0.717) is 0 Å². The van der Waals surface area contributed by atoms with Crippen LogP contribution in [0.5, 0.6) is 0 Å². The van der Waals surface area contributed by atoms with Gasteiger partial charge in [-0.1, -0.05) is 24.3 Å². The standard InChI is InChI=1S/C21H22N4O2/c1-14-7-8-17(11-15(14)2)24-20(26)9-10-21(27)25-23-13-16-12-22-19-6-4-3-5-18(16)19/h3-8,11-13,22H,9-10H2,1-2H3,(H,24,26)(H,25,27). The quantitative estimate of drug-likeness (QED) is 0.462. The van der Waals surface area contributed by atoms with Gasteiger partial charge in [0.05, 0.1) is 6.21 Å². The number of anilines is 1. The van der Waals surface area contributed by atoms with Gasteiger partial charge in [-0.2, -0.15) is 5.10 Å². The third-order valence-corrected chi connectivity index (χ3v) is 4.38. The van der Waals surface area contributed by atoms with Gasteiger partial charge >= 0.3 is 0 Å². The first kappa shape index (κ1) is 18.4. The van der Waals surface area contributed by atoms with Crippen LogP contribution in [0.4, 0.5) is 5.69 Å². The van der Waals surface area contributed by atoms with Gasteiger partial charge in [-0.05, 0) is 43.2 Å². The minimum atomic E-state index is -0.304. The van der Waals surface area contributed by atoms with E-state index >= 15 is 0 Å². The SMILES string of the molecule is Cc1ccc(NC(=O)CCC(=O)NN=Cc2c[nH]c3ccccc23)cc1C. The van der Waals surface area contributed by atoms with Crippen LogP contribution in [0.15, 0.2) is 53.8 Å². The molecule has 0 aliphatic rings. The molecule has 0 bridgehead atoms. The molecule has 6 nitrogen and oxygen atoms in total. The van der Waals surface area contributed by atoms with Crippen molar-refractivity contribution in [1.29, 1.82) is 0 Å². The summed E-state index contributed by atoms with van der Waals surface area (Å²) in [7, 11) is 0. The fraction of sp³-hybridized carbons (Fsp3) is 0.190. The second kappa shape index (κ2) is 8.31. The molecule has 0 saturated heterocycles. The number of hydrogen-bond acceptors (Lipinski definition) is 3. The molecule has 0 fully saturated rings. The first-order chi connectivity index (χ1) is 13.0. The molecule has 3 rings (SSSR count). The Hall–Kier alpha value is -3.41. The smallest absolute Gasteiger partial charge is 0.240 e. The molecule has 3 aromatic rings. The summed E-state index contributed by atoms with van der Waals surface area (Å²) in [6, 6.07) is 13.6. The number of aryl methyl sites for hydroxylation is 2. The van der Waals surface area contributed by atoms with Crippen LogP contribution < -0.4 is 10.7 Å². The van der Waals surface area contributed by atoms with Gasteiger partial charge in [0.1, 0.15) is 0 Å². The van der Waals surface area contributed by atoms with Gasteiger partial charge in [0.2, 0.25) is 11.8 Å². The fourth-order valence-electron chi connectivity index (χ4n) is 2.70. The number of nitrogens with one attached hydrogen (secondary N) is 3. The normalized spacial score (nSPS) is 11.0. The number of H-pyrrole nitrogens is 1. The van der Waals surface area contributed by atoms with Crippen molar-refractivity contribution in [3.8, 4) is 0 Å². The number of hydrogen-bond donors (Lipinski definition) is 3. The van der Waals surface area contributed by atoms with E-state index in [4.69, 9.17) is 0 Å². The van der Waals surface area contributed by atoms with E-state index < -0.39 is 0 Å². The lowest BCUT2D eigenvalue weighted by Gasteiger charge is -2.07. The maximum atomic E-state index is 12.0. The summed E-state index contributed by atoms with van der Waals surface area (Å²) < 4.78 is 0. The second-order valence-electron chi connectivity index (χ2n) is 6.43. The van der Waals surface area contributed by atoms with Crippen molar-refractivity contribution in [1.82, 2.24) is 10.4 Å². The number of amides is 2. The molecule has 0 radical (unpaired) electrons. The zero-order valence-corrected chi connectivity index (χ0v) is 15.4. The Morgan fingerprint density at radius 1 is 1.04 bits per heavy atom. The molecule has 0 spiro atoms. The molecule has 27 heavy (non-hydrogen) atoms. The lowest BCUT2D eigenvalue weighted by atomic mass is 10.1. The molecule has 0 unspecified atom stereocenters. The molecular formula is C21H22N4O2. The molecule has 2 amide bonds. The number of aromatic nitrogens is 1. The predicted octanol–water partition coefficient (Wildman–Crippen LogP) is 3.65. The highest BCUT2D eigenvalue weighted by molar-refractivity contribution is 5.99. The summed E-state index contributed by atoms with van der Waals surface area (Å²) in [6.07, 6.45) is 3.59. The zero-order valence-electron chi connectivity index (χ0n) is 15.4. The minimum absolute atomic E-state index is 0.0713. The Labute approximate surface area is 157 Å². The van der Waals surface area contributed by atoms with Crippen LogP contribution >= 0.6 is 0 Å². The lowest BCUT2D eigenvalue weighted by molar-refractivity contribution is -0.124. The molecule has 0 saturated carbocycles. The van der Waals surface area contributed by atoms with E-state index in [1.54, 1.807) is 6.21 Å². The monoisotopic (exact) mass is 362 g/mol. The molecular weight excluding hydrogens is 340 g/mol. The zero-order chi connectivity index (χ0) is 19.2. The van der Waals surface area contributed by atoms with Crippen LogP contribution in [0.2, 0.25) is 0 Å². The van der Waals surface area contributed by atoms with E-state index in [2.05, 4.69) is 20.8 Å². The number of rotatable bonds is 6. The Balaban J connectivity index is 1.46. The summed E-state index contributed by atoms with van der Waals surface area (Å²) in [5.41, 5.74) is 7.37. The first-order valence-corrected chi connectivity index (χ1v) is 8.78. The van der Waals surface area contributed by atoms with Gasteiger partial charge in [-0.15, -0.1) is 0 Å². The highest BCUT2D eigenvalue weighted by Gasteiger charge is 2.07. The maximum Gasteiger partial charge on any atom is 0.240 e. The molecule has 0 aliphatic heterocycles. The van der Waals surface area contributed by atoms with Crippen molar-refractivity contribution >= 4 is 34.6 Å². The van der Waals surface area contributed by atoms with E-state index in [1.807, 2.05) is 62.5 Å². The summed E-state index contributed by atoms with van der Waals surface area (Å²) >= 11 is 0. The highest BCUT2D eigenvalue weighted by atomic mass is 16.2. The largest absolute Gasteiger partial charge is 0.361 e. The summed E-state index contributed by atoms with van der Waals surface area (Å²) in [5, 5.41) is 7.80. The number of carbonyl (C=O) groups excluding carboxylic acids is 2. The van der Waals surface area contributed by atoms with Gasteiger partial charge in [-0.3, -0.25) is 9.59 Å². The molecule has 138 valence electrons. The third-order valence-electron chi connectivity index (χ3n) is 4.38. The van der Waals surface area contributed by atoms with Gasteiger partial charge in [-0.25, -0.2) is 5.43 Å². The summed E-state index contributed by atoms with van der Waals surface area (Å²) in [5.74, 6) is -0.504. The van der Waals surface area contributed by atoms with Crippen molar-refractivity contribution in [3.05, 3.63) is 65.4 Å². The number of fused-ring (bicyclic) bond motifs is 1. The molecule has 3 N–H and O–H groups in total. The average molecular weight is 362 g/mol. The number of nitrogens with zero attached hydrogens (tertiary/aromatic N) is 1. The fourth-order valence-corrected chi connectivity index (χ4v) is 2.70. The van der Waals surface area contributed by atoms with Crippen molar-refractivity contribution in [2.24, 2.45) is 5.10 Å². The van der Waals surface area contributed by atoms with Crippen LogP contribution in [0, 0.1) is 13.8 Å². The van der Waals surface area contributed by atoms with E-state index in [1.165, 1.54) is 5.56 Å². The van der Waals surface area contributed by atoms with Crippen LogP contribution in [0.3, 0.4) is 0 Å². The molecule has 6 heteroatoms. The Morgan fingerprint density at radius 2 is 1.81 bits per heavy atom. The molecule has 2 aromatic carbocycles. The van der Waals surface area contributed by atoms with Crippen LogP contribution in [-0.4, -0.2) is 23.0 Å². The lowest BCUT2D eigenvalue weighted by Crippen LogP contribution is -2.20. The number of carbonyl (C=O) groups is 2. The minimum Gasteiger partial charge on any atom is -0.361 e. The second-order valence-corrected chi connectivity index (χ2v) is 6.43. The van der Waals surface area contributed by atoms with Crippen LogP contribution in [0.1, 0.15) is 29.5 Å². The summed E-state index contributed by atoms with van der Waals surface area (Å²) in [6.45, 7) is 4.01. The van der Waals surface area contributed by atoms with Crippen molar-refractivity contribution < 1.29 is 9.59 Å². The Morgan fingerprint density at radius 3 is 2.63 bits per heavy atom. The van der Waals surface area contributed by atoms with Crippen molar-refractivity contribution in [3.63, 3.8) is 0 Å². The van der Waals surface area contributed by atoms with Gasteiger partial charge in [0.15, 0.2) is 0 Å². The summed E-state index contributed by atoms with van der Waals surface area (Å²) in [4.78, 5) is 27.0. The Kier molecular flexibility index (Phi) is 5.66. The molecule has 0 atom stereocenters. The average Bonchev–Trinajstić information content (AvgIpc) is 3.06. The van der Waals surface area contributed by atoms with Crippen LogP contribution in [0.25, 0.3) is 10.9 Å². The van der Waals surface area contributed by atoms with Gasteiger partial charge in [0.25, 0.3) is 0 Å². The van der Waals surface area contributed by atoms with E-state index in [9.17, 15) is 9.59 Å². The molecule has 0 aliphatic carbocycles. The van der Waals surface area contributed by atoms with Gasteiger partial charge in [0, 0.05) is 41.2 Å². The predicted molar refractivity (Wildman–Crippen MR) is 108 cm³/mol. The number of hydrazone groups is 1. The van der Waals surface area contributed by atoms with E-state index in [-0.39, 0.29) is 24.7 Å². The third kappa shape index (κ3) is 4.82. The maximum absolute atomic E-state index is 12.0. The van der Waals surface area contributed by atoms with Crippen molar-refractivity contribution in [2.75, 3.05) is 5.32 Å². The first-order valence-electron chi connectivity index (χ1n) is 8.78. The van der Waals surface area contributed by atoms with E-state index in [0.717, 1.165) is 27.7 Å². The highest BCUT2D eigenvalue weighted by Crippen LogP contribution is 2.16. The number of benzene rings is 2. The topological polar surface area (TPSA) is 86.3 Å². The van der Waals surface area contributed by atoms with Crippen LogP contribution in [-0.2, 0) is 9.59 Å². The molecule has 1 heterocycles. The number of aromatic amines is 1. The number of para-hydroxylation sites is 1. The van der Waals surface area contributed by atoms with Crippen molar-refractivity contribution in [2.45, 2.75) is 26.7 Å². The Bertz CT molecular complexity index is 1000. The molecule has 1 aromatic heterocycles. The van der Waals surface area contributed by atoms with Gasteiger partial charge < -0.3 is 10.3 Å².